The van der Waals surface area contributed by atoms with Crippen LogP contribution in [-0.2, 0) is 29.4 Å². The van der Waals surface area contributed by atoms with E-state index in [9.17, 15) is 14.4 Å². The predicted molar refractivity (Wildman–Crippen MR) is 96.3 cm³/mol. The first-order valence-electron chi connectivity index (χ1n) is 8.45. The molecule has 140 valence electrons. The van der Waals surface area contributed by atoms with Gasteiger partial charge in [-0.1, -0.05) is 42.5 Å². The SMILES string of the molecule is CCOC(=O)NC1=C(OC(C)=O)C(=O)C(C)(c2cccc3ccccc23)O1. The molecule has 2 aromatic carbocycles. The highest BCUT2D eigenvalue weighted by Gasteiger charge is 2.50. The number of amides is 1. The van der Waals surface area contributed by atoms with E-state index in [1.54, 1.807) is 19.9 Å². The van der Waals surface area contributed by atoms with Crippen molar-refractivity contribution in [3.8, 4) is 0 Å². The van der Waals surface area contributed by atoms with Crippen molar-refractivity contribution in [2.75, 3.05) is 6.61 Å². The lowest BCUT2D eigenvalue weighted by Crippen LogP contribution is -2.33. The van der Waals surface area contributed by atoms with Crippen molar-refractivity contribution in [2.24, 2.45) is 0 Å². The third kappa shape index (κ3) is 3.36. The molecule has 7 heteroatoms. The minimum Gasteiger partial charge on any atom is -0.456 e. The Morgan fingerprint density at radius 2 is 1.85 bits per heavy atom. The molecule has 1 aliphatic heterocycles. The number of fused-ring (bicyclic) bond motifs is 1. The number of rotatable bonds is 4. The molecule has 1 unspecified atom stereocenters. The second-order valence-corrected chi connectivity index (χ2v) is 6.09. The monoisotopic (exact) mass is 369 g/mol. The molecule has 1 amide bonds. The molecule has 0 fully saturated rings. The summed E-state index contributed by atoms with van der Waals surface area (Å²) >= 11 is 0. The number of Topliss-reactive ketones (excluding diaryl/α,β-unsaturated/α-hetero) is 1. The summed E-state index contributed by atoms with van der Waals surface area (Å²) in [5.41, 5.74) is -0.878. The van der Waals surface area contributed by atoms with Crippen molar-refractivity contribution < 1.29 is 28.6 Å². The molecule has 1 atom stereocenters. The third-order valence-electron chi connectivity index (χ3n) is 4.19. The van der Waals surface area contributed by atoms with Gasteiger partial charge in [0.1, 0.15) is 0 Å². The summed E-state index contributed by atoms with van der Waals surface area (Å²) in [5, 5.41) is 4.08. The summed E-state index contributed by atoms with van der Waals surface area (Å²) in [4.78, 5) is 36.4. The molecule has 1 N–H and O–H groups in total. The molecule has 0 aromatic heterocycles. The van der Waals surface area contributed by atoms with Crippen LogP contribution in [-0.4, -0.2) is 24.5 Å². The summed E-state index contributed by atoms with van der Waals surface area (Å²) in [7, 11) is 0. The Kier molecular flexibility index (Phi) is 4.85. The van der Waals surface area contributed by atoms with Gasteiger partial charge in [-0.15, -0.1) is 0 Å². The molecule has 0 radical (unpaired) electrons. The van der Waals surface area contributed by atoms with Crippen molar-refractivity contribution in [3.05, 3.63) is 59.7 Å². The van der Waals surface area contributed by atoms with Gasteiger partial charge < -0.3 is 14.2 Å². The average molecular weight is 369 g/mol. The van der Waals surface area contributed by atoms with Gasteiger partial charge in [0.05, 0.1) is 6.61 Å². The van der Waals surface area contributed by atoms with E-state index < -0.39 is 23.4 Å². The number of hydrogen-bond acceptors (Lipinski definition) is 6. The largest absolute Gasteiger partial charge is 0.456 e. The second-order valence-electron chi connectivity index (χ2n) is 6.09. The Balaban J connectivity index is 2.06. The van der Waals surface area contributed by atoms with Gasteiger partial charge in [0.25, 0.3) is 5.78 Å². The minimum atomic E-state index is -1.47. The average Bonchev–Trinajstić information content (AvgIpc) is 2.86. The van der Waals surface area contributed by atoms with Crippen LogP contribution in [0, 0.1) is 0 Å². The number of hydrogen-bond donors (Lipinski definition) is 1. The molecule has 3 rings (SSSR count). The zero-order valence-corrected chi connectivity index (χ0v) is 15.2. The summed E-state index contributed by atoms with van der Waals surface area (Å²) in [5.74, 6) is -1.87. The fourth-order valence-electron chi connectivity index (χ4n) is 3.01. The zero-order valence-electron chi connectivity index (χ0n) is 15.2. The third-order valence-corrected chi connectivity index (χ3v) is 4.19. The van der Waals surface area contributed by atoms with Crippen LogP contribution in [0.3, 0.4) is 0 Å². The Bertz CT molecular complexity index is 959. The lowest BCUT2D eigenvalue weighted by atomic mass is 9.87. The first-order chi connectivity index (χ1) is 12.9. The van der Waals surface area contributed by atoms with E-state index in [2.05, 4.69) is 5.32 Å². The molecular weight excluding hydrogens is 350 g/mol. The van der Waals surface area contributed by atoms with E-state index in [0.29, 0.717) is 5.56 Å². The quantitative estimate of drug-likeness (QED) is 0.833. The maximum atomic E-state index is 13.1. The number of ether oxygens (including phenoxy) is 3. The lowest BCUT2D eigenvalue weighted by molar-refractivity contribution is -0.142. The summed E-state index contributed by atoms with van der Waals surface area (Å²) < 4.78 is 15.7. The van der Waals surface area contributed by atoms with E-state index in [4.69, 9.17) is 14.2 Å². The molecule has 1 heterocycles. The molecule has 2 aromatic rings. The molecule has 0 saturated heterocycles. The molecule has 0 saturated carbocycles. The standard InChI is InChI=1S/C20H19NO6/c1-4-25-19(24)21-18-16(26-12(2)22)17(23)20(3,27-18)15-11-7-9-13-8-5-6-10-14(13)15/h5-11H,4H2,1-3H3,(H,21,24). The first kappa shape index (κ1) is 18.4. The van der Waals surface area contributed by atoms with Gasteiger partial charge in [-0.25, -0.2) is 4.79 Å². The number of carbonyl (C=O) groups is 3. The lowest BCUT2D eigenvalue weighted by Gasteiger charge is -2.25. The highest BCUT2D eigenvalue weighted by molar-refractivity contribution is 6.07. The van der Waals surface area contributed by atoms with Crippen LogP contribution in [0.2, 0.25) is 0 Å². The number of alkyl carbamates (subject to hydrolysis) is 1. The van der Waals surface area contributed by atoms with E-state index in [-0.39, 0.29) is 18.2 Å². The van der Waals surface area contributed by atoms with E-state index in [1.165, 1.54) is 0 Å². The van der Waals surface area contributed by atoms with E-state index >= 15 is 0 Å². The second kappa shape index (κ2) is 7.11. The summed E-state index contributed by atoms with van der Waals surface area (Å²) in [6.07, 6.45) is -0.813. The van der Waals surface area contributed by atoms with Crippen molar-refractivity contribution in [1.82, 2.24) is 5.32 Å². The van der Waals surface area contributed by atoms with E-state index in [1.807, 2.05) is 36.4 Å². The van der Waals surface area contributed by atoms with Crippen LogP contribution < -0.4 is 5.32 Å². The summed E-state index contributed by atoms with van der Waals surface area (Å²) in [6, 6.07) is 13.0. The fourth-order valence-corrected chi connectivity index (χ4v) is 3.01. The molecule has 7 nitrogen and oxygen atoms in total. The van der Waals surface area contributed by atoms with Crippen molar-refractivity contribution in [3.63, 3.8) is 0 Å². The predicted octanol–water partition coefficient (Wildman–Crippen LogP) is 3.13. The molecular formula is C20H19NO6. The van der Waals surface area contributed by atoms with Crippen LogP contribution in [0.4, 0.5) is 4.79 Å². The van der Waals surface area contributed by atoms with Gasteiger partial charge in [-0.05, 0) is 24.6 Å². The van der Waals surface area contributed by atoms with Gasteiger partial charge in [-0.3, -0.25) is 14.9 Å². The van der Waals surface area contributed by atoms with Gasteiger partial charge in [0.2, 0.25) is 11.6 Å². The number of nitrogens with one attached hydrogen (secondary N) is 1. The van der Waals surface area contributed by atoms with Crippen molar-refractivity contribution >= 4 is 28.6 Å². The first-order valence-corrected chi connectivity index (χ1v) is 8.45. The fraction of sp³-hybridized carbons (Fsp3) is 0.250. The van der Waals surface area contributed by atoms with Crippen molar-refractivity contribution in [1.29, 1.82) is 0 Å². The molecule has 0 bridgehead atoms. The van der Waals surface area contributed by atoms with Gasteiger partial charge in [0, 0.05) is 12.5 Å². The molecule has 0 aliphatic carbocycles. The smallest absolute Gasteiger partial charge is 0.414 e. The zero-order chi connectivity index (χ0) is 19.6. The van der Waals surface area contributed by atoms with Gasteiger partial charge >= 0.3 is 12.1 Å². The molecule has 0 spiro atoms. The Hall–Kier alpha value is -3.35. The Morgan fingerprint density at radius 1 is 1.15 bits per heavy atom. The minimum absolute atomic E-state index is 0.135. The summed E-state index contributed by atoms with van der Waals surface area (Å²) in [6.45, 7) is 4.51. The molecule has 1 aliphatic rings. The number of esters is 1. The van der Waals surface area contributed by atoms with Gasteiger partial charge in [-0.2, -0.15) is 0 Å². The topological polar surface area (TPSA) is 90.9 Å². The number of carbonyl (C=O) groups excluding carboxylic acids is 3. The molecule has 27 heavy (non-hydrogen) atoms. The maximum absolute atomic E-state index is 13.1. The normalized spacial score (nSPS) is 19.0. The number of benzene rings is 2. The Morgan fingerprint density at radius 3 is 2.56 bits per heavy atom. The van der Waals surface area contributed by atoms with Crippen LogP contribution >= 0.6 is 0 Å². The Labute approximate surface area is 155 Å². The van der Waals surface area contributed by atoms with Crippen LogP contribution in [0.5, 0.6) is 0 Å². The highest BCUT2D eigenvalue weighted by atomic mass is 16.6. The number of ketones is 1. The van der Waals surface area contributed by atoms with Crippen LogP contribution in [0.25, 0.3) is 10.8 Å². The van der Waals surface area contributed by atoms with Gasteiger partial charge in [0.15, 0.2) is 5.60 Å². The maximum Gasteiger partial charge on any atom is 0.414 e. The highest BCUT2D eigenvalue weighted by Crippen LogP contribution is 2.41. The van der Waals surface area contributed by atoms with E-state index in [0.717, 1.165) is 17.7 Å². The van der Waals surface area contributed by atoms with Crippen LogP contribution in [0.1, 0.15) is 26.3 Å². The van der Waals surface area contributed by atoms with Crippen LogP contribution in [0.15, 0.2) is 54.1 Å². The van der Waals surface area contributed by atoms with Crippen molar-refractivity contribution in [2.45, 2.75) is 26.4 Å².